The van der Waals surface area contributed by atoms with Crippen LogP contribution in [0.4, 0.5) is 21.8 Å². The first-order valence-electron chi connectivity index (χ1n) is 10.3. The lowest BCUT2D eigenvalue weighted by Gasteiger charge is -2.39. The fourth-order valence-corrected chi connectivity index (χ4v) is 4.41. The van der Waals surface area contributed by atoms with Gasteiger partial charge >= 0.3 is 0 Å². The molecular weight excluding hydrogens is 373 g/mol. The predicted molar refractivity (Wildman–Crippen MR) is 108 cm³/mol. The van der Waals surface area contributed by atoms with E-state index in [0.717, 1.165) is 43.7 Å². The lowest BCUT2D eigenvalue weighted by molar-refractivity contribution is -0.119. The summed E-state index contributed by atoms with van der Waals surface area (Å²) < 4.78 is 18.9. The van der Waals surface area contributed by atoms with E-state index >= 15 is 0 Å². The summed E-state index contributed by atoms with van der Waals surface area (Å²) >= 11 is 0. The molecule has 2 aromatic rings. The Kier molecular flexibility index (Phi) is 4.49. The average Bonchev–Trinajstić information content (AvgIpc) is 3.19. The third-order valence-corrected chi connectivity index (χ3v) is 5.98. The van der Waals surface area contributed by atoms with E-state index in [2.05, 4.69) is 15.2 Å². The molecule has 3 aliphatic rings. The highest BCUT2D eigenvalue weighted by Crippen LogP contribution is 2.39. The number of likely N-dealkylation sites (N-methyl/N-ethyl adjacent to an activating group) is 1. The van der Waals surface area contributed by atoms with Crippen LogP contribution in [0.5, 0.6) is 5.75 Å². The summed E-state index contributed by atoms with van der Waals surface area (Å²) in [6, 6.07) is 6.25. The van der Waals surface area contributed by atoms with E-state index in [1.165, 1.54) is 12.1 Å². The number of carbonyl (C=O) groups excluding carboxylic acids is 1. The van der Waals surface area contributed by atoms with Crippen molar-refractivity contribution < 1.29 is 13.9 Å². The van der Waals surface area contributed by atoms with Crippen LogP contribution in [0.2, 0.25) is 0 Å². The van der Waals surface area contributed by atoms with Gasteiger partial charge in [-0.25, -0.2) is 9.37 Å². The quantitative estimate of drug-likeness (QED) is 0.837. The lowest BCUT2D eigenvalue weighted by atomic mass is 9.89. The first-order chi connectivity index (χ1) is 14.1. The highest BCUT2D eigenvalue weighted by Gasteiger charge is 2.41. The van der Waals surface area contributed by atoms with Crippen LogP contribution in [-0.2, 0) is 4.79 Å². The summed E-state index contributed by atoms with van der Waals surface area (Å²) in [6.45, 7) is 3.46. The first-order valence-corrected chi connectivity index (χ1v) is 10.3. The number of nitrogens with one attached hydrogen (secondary N) is 1. The second kappa shape index (κ2) is 7.17. The minimum absolute atomic E-state index is 0.0950. The molecule has 1 saturated carbocycles. The van der Waals surface area contributed by atoms with Crippen molar-refractivity contribution in [2.24, 2.45) is 0 Å². The molecule has 3 heterocycles. The molecular formula is C21H24FN5O2. The van der Waals surface area contributed by atoms with Crippen LogP contribution < -0.4 is 19.9 Å². The minimum Gasteiger partial charge on any atom is -0.490 e. The number of nitrogens with zero attached hydrogens (tertiary/aromatic N) is 4. The number of hydrogen-bond acceptors (Lipinski definition) is 6. The highest BCUT2D eigenvalue weighted by atomic mass is 19.1. The zero-order valence-corrected chi connectivity index (χ0v) is 16.3. The number of hydrogen-bond donors (Lipinski definition) is 1. The molecule has 1 saturated heterocycles. The van der Waals surface area contributed by atoms with Crippen LogP contribution >= 0.6 is 0 Å². The zero-order valence-electron chi connectivity index (χ0n) is 16.3. The van der Waals surface area contributed by atoms with Gasteiger partial charge in [0.1, 0.15) is 29.4 Å². The van der Waals surface area contributed by atoms with Crippen LogP contribution in [0.15, 0.2) is 30.5 Å². The third kappa shape index (κ3) is 3.26. The van der Waals surface area contributed by atoms with E-state index in [1.54, 1.807) is 23.2 Å². The second-order valence-corrected chi connectivity index (χ2v) is 7.84. The Bertz CT molecular complexity index is 916. The zero-order chi connectivity index (χ0) is 20.0. The molecule has 0 radical (unpaired) electrons. The molecule has 1 amide bonds. The van der Waals surface area contributed by atoms with Gasteiger partial charge < -0.3 is 19.9 Å². The van der Waals surface area contributed by atoms with Crippen molar-refractivity contribution in [1.29, 1.82) is 0 Å². The molecule has 0 spiro atoms. The molecule has 0 unspecified atom stereocenters. The van der Waals surface area contributed by atoms with Crippen molar-refractivity contribution in [3.63, 3.8) is 0 Å². The predicted octanol–water partition coefficient (Wildman–Crippen LogP) is 2.97. The standard InChI is InChI=1S/C21H24FN5O2/c1-2-26-18-12-23-21(25-19(18)27-9-3-4-17(27)20(26)28)24-14-10-16(11-14)29-15-7-5-13(22)6-8-15/h5-8,12,14,16-17H,2-4,9-11H2,1H3,(H,23,24,25)/t14?,16?,17-/m1/s1. The molecule has 1 N–H and O–H groups in total. The average molecular weight is 397 g/mol. The summed E-state index contributed by atoms with van der Waals surface area (Å²) in [5.41, 5.74) is 0.798. The molecule has 1 aromatic heterocycles. The Balaban J connectivity index is 1.25. The van der Waals surface area contributed by atoms with Crippen LogP contribution in [0.1, 0.15) is 32.6 Å². The Morgan fingerprint density at radius 1 is 1.28 bits per heavy atom. The largest absolute Gasteiger partial charge is 0.490 e. The maximum Gasteiger partial charge on any atom is 0.249 e. The van der Waals surface area contributed by atoms with Crippen molar-refractivity contribution in [2.45, 2.75) is 50.8 Å². The number of carbonyl (C=O) groups is 1. The Labute approximate surface area is 168 Å². The van der Waals surface area contributed by atoms with E-state index in [9.17, 15) is 9.18 Å². The number of fused-ring (bicyclic) bond motifs is 3. The smallest absolute Gasteiger partial charge is 0.249 e. The van der Waals surface area contributed by atoms with Gasteiger partial charge in [-0.1, -0.05) is 0 Å². The molecule has 1 aromatic carbocycles. The van der Waals surface area contributed by atoms with Gasteiger partial charge in [0.2, 0.25) is 11.9 Å². The van der Waals surface area contributed by atoms with E-state index in [4.69, 9.17) is 9.72 Å². The monoisotopic (exact) mass is 397 g/mol. The van der Waals surface area contributed by atoms with Crippen molar-refractivity contribution >= 4 is 23.4 Å². The number of halogens is 1. The Hall–Kier alpha value is -2.90. The van der Waals surface area contributed by atoms with Gasteiger partial charge in [0.25, 0.3) is 0 Å². The summed E-state index contributed by atoms with van der Waals surface area (Å²) in [5.74, 6) is 2.01. The maximum atomic E-state index is 13.0. The Morgan fingerprint density at radius 3 is 2.83 bits per heavy atom. The summed E-state index contributed by atoms with van der Waals surface area (Å²) in [5, 5.41) is 3.38. The van der Waals surface area contributed by atoms with Gasteiger partial charge in [-0.3, -0.25) is 4.79 Å². The van der Waals surface area contributed by atoms with E-state index in [0.29, 0.717) is 18.2 Å². The molecule has 1 atom stereocenters. The molecule has 5 rings (SSSR count). The van der Waals surface area contributed by atoms with Gasteiger partial charge in [0, 0.05) is 32.0 Å². The molecule has 8 heteroatoms. The normalized spacial score (nSPS) is 25.3. The molecule has 29 heavy (non-hydrogen) atoms. The van der Waals surface area contributed by atoms with Crippen molar-refractivity contribution in [2.75, 3.05) is 28.2 Å². The summed E-state index contributed by atoms with van der Waals surface area (Å²) in [4.78, 5) is 25.8. The van der Waals surface area contributed by atoms with E-state index in [-0.39, 0.29) is 29.9 Å². The third-order valence-electron chi connectivity index (χ3n) is 5.98. The molecule has 2 fully saturated rings. The number of ether oxygens (including phenoxy) is 1. The lowest BCUT2D eigenvalue weighted by Crippen LogP contribution is -2.51. The maximum absolute atomic E-state index is 13.0. The summed E-state index contributed by atoms with van der Waals surface area (Å²) in [7, 11) is 0. The number of rotatable bonds is 5. The van der Waals surface area contributed by atoms with Gasteiger partial charge in [-0.15, -0.1) is 0 Å². The van der Waals surface area contributed by atoms with Gasteiger partial charge in [-0.05, 0) is 44.0 Å². The van der Waals surface area contributed by atoms with Crippen molar-refractivity contribution in [3.05, 3.63) is 36.3 Å². The molecule has 2 aliphatic heterocycles. The number of aromatic nitrogens is 2. The summed E-state index contributed by atoms with van der Waals surface area (Å²) in [6.07, 6.45) is 5.42. The molecule has 1 aliphatic carbocycles. The fourth-order valence-electron chi connectivity index (χ4n) is 4.41. The first kappa shape index (κ1) is 18.1. The number of amides is 1. The number of benzene rings is 1. The minimum atomic E-state index is -0.265. The van der Waals surface area contributed by atoms with Crippen molar-refractivity contribution in [1.82, 2.24) is 9.97 Å². The Morgan fingerprint density at radius 2 is 2.07 bits per heavy atom. The molecule has 0 bridgehead atoms. The van der Waals surface area contributed by atoms with Crippen LogP contribution in [0, 0.1) is 5.82 Å². The van der Waals surface area contributed by atoms with Gasteiger partial charge in [0.05, 0.1) is 6.20 Å². The topological polar surface area (TPSA) is 70.6 Å². The highest BCUT2D eigenvalue weighted by molar-refractivity contribution is 6.05. The molecule has 7 nitrogen and oxygen atoms in total. The van der Waals surface area contributed by atoms with Gasteiger partial charge in [-0.2, -0.15) is 4.98 Å². The van der Waals surface area contributed by atoms with E-state index in [1.807, 2.05) is 6.92 Å². The van der Waals surface area contributed by atoms with Crippen LogP contribution in [0.25, 0.3) is 0 Å². The van der Waals surface area contributed by atoms with E-state index < -0.39 is 0 Å². The molecule has 152 valence electrons. The fraction of sp³-hybridized carbons (Fsp3) is 0.476. The SMILES string of the molecule is CCN1C(=O)[C@H]2CCCN2c2nc(NC3CC(Oc4ccc(F)cc4)C3)ncc21. The van der Waals surface area contributed by atoms with Crippen molar-refractivity contribution in [3.8, 4) is 5.75 Å². The van der Waals surface area contributed by atoms with Gasteiger partial charge in [0.15, 0.2) is 5.82 Å². The van der Waals surface area contributed by atoms with Crippen LogP contribution in [-0.4, -0.2) is 47.2 Å². The van der Waals surface area contributed by atoms with Crippen LogP contribution in [0.3, 0.4) is 0 Å². The number of anilines is 3. The second-order valence-electron chi connectivity index (χ2n) is 7.84.